The molecule has 2 N–H and O–H groups in total. The van der Waals surface area contributed by atoms with Crippen LogP contribution < -0.4 is 10.6 Å². The summed E-state index contributed by atoms with van der Waals surface area (Å²) >= 11 is 0. The molecule has 3 aromatic rings. The molecule has 2 amide bonds. The van der Waals surface area contributed by atoms with E-state index in [0.29, 0.717) is 5.56 Å². The van der Waals surface area contributed by atoms with E-state index in [0.717, 1.165) is 11.1 Å². The largest absolute Gasteiger partial charge is 0.508 e. The van der Waals surface area contributed by atoms with Crippen molar-refractivity contribution in [2.75, 3.05) is 6.61 Å². The molecule has 0 saturated carbocycles. The summed E-state index contributed by atoms with van der Waals surface area (Å²) in [4.78, 5) is 50.9. The van der Waals surface area contributed by atoms with Gasteiger partial charge in [-0.15, -0.1) is 0 Å². The molecule has 0 aliphatic carbocycles. The molecule has 10 nitrogen and oxygen atoms in total. The molecule has 1 unspecified atom stereocenters. The minimum Gasteiger partial charge on any atom is -0.461 e. The van der Waals surface area contributed by atoms with Gasteiger partial charge in [0.2, 0.25) is 5.91 Å². The average Bonchev–Trinajstić information content (AvgIpc) is 2.97. The standard InChI is InChI=1S/C32H36N2O8/c1-32(2,3)42-30(37)34-26(19-28(35)39-20-23-13-7-4-8-14-23)29(36)33-27(25-17-11-6-12-18-25)22-41-31(38)40-21-24-15-9-5-10-16-24/h4-18,26-27H,19-22H2,1-3H3,(H,33,36)(H,34,37)/t26-,27?/m1/s1. The molecular formula is C32H36N2O8. The lowest BCUT2D eigenvalue weighted by atomic mass is 10.1. The van der Waals surface area contributed by atoms with Gasteiger partial charge in [-0.2, -0.15) is 0 Å². The second-order valence-electron chi connectivity index (χ2n) is 10.4. The predicted molar refractivity (Wildman–Crippen MR) is 154 cm³/mol. The van der Waals surface area contributed by atoms with Crippen molar-refractivity contribution in [1.29, 1.82) is 0 Å². The van der Waals surface area contributed by atoms with E-state index in [1.165, 1.54) is 0 Å². The summed E-state index contributed by atoms with van der Waals surface area (Å²) in [5.74, 6) is -1.40. The second-order valence-corrected chi connectivity index (χ2v) is 10.4. The van der Waals surface area contributed by atoms with E-state index in [4.69, 9.17) is 18.9 Å². The van der Waals surface area contributed by atoms with Gasteiger partial charge in [-0.05, 0) is 37.5 Å². The molecule has 2 atom stereocenters. The molecule has 0 aliphatic heterocycles. The first kappa shape index (κ1) is 31.7. The zero-order valence-corrected chi connectivity index (χ0v) is 23.9. The fourth-order valence-electron chi connectivity index (χ4n) is 3.71. The van der Waals surface area contributed by atoms with Crippen molar-refractivity contribution in [2.24, 2.45) is 0 Å². The van der Waals surface area contributed by atoms with Crippen molar-refractivity contribution in [3.05, 3.63) is 108 Å². The minimum absolute atomic E-state index is 0.00598. The summed E-state index contributed by atoms with van der Waals surface area (Å²) in [5.41, 5.74) is 1.36. The number of carbonyl (C=O) groups is 4. The minimum atomic E-state index is -1.33. The van der Waals surface area contributed by atoms with Crippen molar-refractivity contribution < 1.29 is 38.1 Å². The van der Waals surface area contributed by atoms with Crippen LogP contribution in [0.2, 0.25) is 0 Å². The lowest BCUT2D eigenvalue weighted by Crippen LogP contribution is -2.50. The fourth-order valence-corrected chi connectivity index (χ4v) is 3.71. The highest BCUT2D eigenvalue weighted by molar-refractivity contribution is 5.90. The molecular weight excluding hydrogens is 540 g/mol. The lowest BCUT2D eigenvalue weighted by molar-refractivity contribution is -0.147. The summed E-state index contributed by atoms with van der Waals surface area (Å²) in [5, 5.41) is 5.22. The third-order valence-electron chi connectivity index (χ3n) is 5.71. The average molecular weight is 577 g/mol. The van der Waals surface area contributed by atoms with Gasteiger partial charge in [-0.1, -0.05) is 91.0 Å². The van der Waals surface area contributed by atoms with E-state index in [2.05, 4.69) is 10.6 Å². The predicted octanol–water partition coefficient (Wildman–Crippen LogP) is 5.22. The van der Waals surface area contributed by atoms with Gasteiger partial charge in [-0.25, -0.2) is 9.59 Å². The number of carbonyl (C=O) groups excluding carboxylic acids is 4. The smallest absolute Gasteiger partial charge is 0.461 e. The highest BCUT2D eigenvalue weighted by Gasteiger charge is 2.29. The number of hydrogen-bond acceptors (Lipinski definition) is 8. The van der Waals surface area contributed by atoms with Crippen molar-refractivity contribution in [2.45, 2.75) is 58.1 Å². The van der Waals surface area contributed by atoms with Gasteiger partial charge in [0.25, 0.3) is 0 Å². The molecule has 0 fully saturated rings. The van der Waals surface area contributed by atoms with Crippen LogP contribution >= 0.6 is 0 Å². The van der Waals surface area contributed by atoms with Gasteiger partial charge in [0.1, 0.15) is 31.5 Å². The molecule has 3 rings (SSSR count). The molecule has 0 aliphatic rings. The molecule has 0 spiro atoms. The normalized spacial score (nSPS) is 12.3. The summed E-state index contributed by atoms with van der Waals surface area (Å²) in [6, 6.07) is 24.8. The van der Waals surface area contributed by atoms with Crippen LogP contribution in [0.3, 0.4) is 0 Å². The Morgan fingerprint density at radius 2 is 1.21 bits per heavy atom. The molecule has 0 aromatic heterocycles. The Labute approximate surface area is 245 Å². The Bertz CT molecular complexity index is 1290. The molecule has 0 saturated heterocycles. The monoisotopic (exact) mass is 576 g/mol. The number of nitrogens with one attached hydrogen (secondary N) is 2. The molecule has 222 valence electrons. The molecule has 3 aromatic carbocycles. The Morgan fingerprint density at radius 1 is 0.690 bits per heavy atom. The van der Waals surface area contributed by atoms with Gasteiger partial charge in [0, 0.05) is 0 Å². The van der Waals surface area contributed by atoms with Crippen molar-refractivity contribution >= 4 is 24.1 Å². The first-order valence-electron chi connectivity index (χ1n) is 13.5. The van der Waals surface area contributed by atoms with Crippen molar-refractivity contribution in [3.63, 3.8) is 0 Å². The van der Waals surface area contributed by atoms with E-state index < -0.39 is 48.2 Å². The van der Waals surface area contributed by atoms with E-state index in [-0.39, 0.29) is 19.8 Å². The maximum Gasteiger partial charge on any atom is 0.508 e. The Hall–Kier alpha value is -4.86. The second kappa shape index (κ2) is 15.8. The van der Waals surface area contributed by atoms with Gasteiger partial charge < -0.3 is 29.6 Å². The number of alkyl carbamates (subject to hydrolysis) is 1. The Balaban J connectivity index is 1.67. The van der Waals surface area contributed by atoms with Gasteiger partial charge in [0.15, 0.2) is 0 Å². The van der Waals surface area contributed by atoms with E-state index in [1.807, 2.05) is 48.5 Å². The molecule has 0 bridgehead atoms. The van der Waals surface area contributed by atoms with Crippen LogP contribution in [-0.4, -0.2) is 42.4 Å². The summed E-state index contributed by atoms with van der Waals surface area (Å²) in [6.07, 6.45) is -2.25. The van der Waals surface area contributed by atoms with Crippen LogP contribution in [0.4, 0.5) is 9.59 Å². The molecule has 0 heterocycles. The van der Waals surface area contributed by atoms with Crippen molar-refractivity contribution in [1.82, 2.24) is 10.6 Å². The summed E-state index contributed by atoms with van der Waals surface area (Å²) in [6.45, 7) is 4.79. The highest BCUT2D eigenvalue weighted by Crippen LogP contribution is 2.15. The van der Waals surface area contributed by atoms with Gasteiger partial charge in [0.05, 0.1) is 12.5 Å². The SMILES string of the molecule is CC(C)(C)OC(=O)N[C@H](CC(=O)OCc1ccccc1)C(=O)NC(COC(=O)OCc1ccccc1)c1ccccc1. The van der Waals surface area contributed by atoms with E-state index in [1.54, 1.807) is 63.2 Å². The lowest BCUT2D eigenvalue weighted by Gasteiger charge is -2.25. The summed E-state index contributed by atoms with van der Waals surface area (Å²) in [7, 11) is 0. The third kappa shape index (κ3) is 11.7. The number of ether oxygens (including phenoxy) is 4. The van der Waals surface area contributed by atoms with Crippen LogP contribution in [-0.2, 0) is 41.8 Å². The number of benzene rings is 3. The van der Waals surface area contributed by atoms with Crippen LogP contribution in [0.5, 0.6) is 0 Å². The maximum absolute atomic E-state index is 13.4. The van der Waals surface area contributed by atoms with E-state index in [9.17, 15) is 19.2 Å². The quantitative estimate of drug-likeness (QED) is 0.222. The summed E-state index contributed by atoms with van der Waals surface area (Å²) < 4.78 is 21.1. The van der Waals surface area contributed by atoms with E-state index >= 15 is 0 Å². The van der Waals surface area contributed by atoms with Crippen LogP contribution in [0.1, 0.15) is 49.9 Å². The molecule has 10 heteroatoms. The zero-order valence-electron chi connectivity index (χ0n) is 23.9. The van der Waals surface area contributed by atoms with Crippen molar-refractivity contribution in [3.8, 4) is 0 Å². The van der Waals surface area contributed by atoms with Crippen LogP contribution in [0, 0.1) is 0 Å². The van der Waals surface area contributed by atoms with Crippen LogP contribution in [0.25, 0.3) is 0 Å². The van der Waals surface area contributed by atoms with Gasteiger partial charge >= 0.3 is 18.2 Å². The number of amides is 2. The highest BCUT2D eigenvalue weighted by atomic mass is 16.7. The number of hydrogen-bond donors (Lipinski definition) is 2. The van der Waals surface area contributed by atoms with Crippen LogP contribution in [0.15, 0.2) is 91.0 Å². The maximum atomic E-state index is 13.4. The number of rotatable bonds is 12. The number of esters is 1. The molecule has 0 radical (unpaired) electrons. The topological polar surface area (TPSA) is 129 Å². The third-order valence-corrected chi connectivity index (χ3v) is 5.71. The fraction of sp³-hybridized carbons (Fsp3) is 0.312. The Kier molecular flexibility index (Phi) is 11.9. The zero-order chi connectivity index (χ0) is 30.4. The van der Waals surface area contributed by atoms with Gasteiger partial charge in [-0.3, -0.25) is 9.59 Å². The molecule has 42 heavy (non-hydrogen) atoms. The Morgan fingerprint density at radius 3 is 1.76 bits per heavy atom. The first-order chi connectivity index (χ1) is 20.1. The first-order valence-corrected chi connectivity index (χ1v) is 13.5.